The van der Waals surface area contributed by atoms with E-state index in [1.807, 2.05) is 37.3 Å². The Labute approximate surface area is 119 Å². The van der Waals surface area contributed by atoms with Gasteiger partial charge in [-0.1, -0.05) is 30.3 Å². The molecular formula is C15H22N2O3. The van der Waals surface area contributed by atoms with Crippen LogP contribution in [0, 0.1) is 0 Å². The fourth-order valence-electron chi connectivity index (χ4n) is 1.66. The highest BCUT2D eigenvalue weighted by molar-refractivity contribution is 5.81. The summed E-state index contributed by atoms with van der Waals surface area (Å²) in [7, 11) is 0. The van der Waals surface area contributed by atoms with E-state index in [4.69, 9.17) is 5.11 Å². The van der Waals surface area contributed by atoms with Crippen molar-refractivity contribution in [2.45, 2.75) is 32.9 Å². The van der Waals surface area contributed by atoms with E-state index >= 15 is 0 Å². The Balaban J connectivity index is 2.58. The molecule has 0 aliphatic rings. The molecule has 1 amide bonds. The van der Waals surface area contributed by atoms with Crippen LogP contribution in [-0.2, 0) is 16.1 Å². The Hall–Kier alpha value is -1.88. The number of benzene rings is 1. The molecule has 5 nitrogen and oxygen atoms in total. The van der Waals surface area contributed by atoms with E-state index in [0.29, 0.717) is 13.1 Å². The largest absolute Gasteiger partial charge is 0.480 e. The molecule has 0 radical (unpaired) electrons. The first-order chi connectivity index (χ1) is 9.36. The molecule has 0 atom stereocenters. The maximum absolute atomic E-state index is 12.1. The summed E-state index contributed by atoms with van der Waals surface area (Å²) in [4.78, 5) is 24.8. The molecule has 2 N–H and O–H groups in total. The zero-order chi connectivity index (χ0) is 15.2. The van der Waals surface area contributed by atoms with Crippen LogP contribution in [0.25, 0.3) is 0 Å². The quantitative estimate of drug-likeness (QED) is 0.793. The number of carboxylic acid groups (broad SMARTS) is 1. The van der Waals surface area contributed by atoms with E-state index in [0.717, 1.165) is 5.56 Å². The molecule has 1 aromatic carbocycles. The first-order valence-corrected chi connectivity index (χ1v) is 6.67. The standard InChI is InChI=1S/C15H22N2O3/c1-4-17(11-12-8-6-5-7-9-12)13(18)10-16-15(2,3)14(19)20/h5-9,16H,4,10-11H2,1-3H3,(H,19,20). The summed E-state index contributed by atoms with van der Waals surface area (Å²) in [5.41, 5.74) is -0.0536. The second-order valence-electron chi connectivity index (χ2n) is 5.18. The van der Waals surface area contributed by atoms with Crippen molar-refractivity contribution in [3.05, 3.63) is 35.9 Å². The van der Waals surface area contributed by atoms with Crippen LogP contribution in [-0.4, -0.2) is 40.5 Å². The summed E-state index contributed by atoms with van der Waals surface area (Å²) in [5.74, 6) is -1.08. The van der Waals surface area contributed by atoms with E-state index in [1.54, 1.807) is 4.90 Å². The maximum Gasteiger partial charge on any atom is 0.323 e. The third-order valence-corrected chi connectivity index (χ3v) is 3.17. The number of hydrogen-bond donors (Lipinski definition) is 2. The lowest BCUT2D eigenvalue weighted by Crippen LogP contribution is -2.51. The molecule has 110 valence electrons. The molecule has 0 fully saturated rings. The Kier molecular flexibility index (Phi) is 5.70. The first kappa shape index (κ1) is 16.2. The number of carbonyl (C=O) groups is 2. The minimum Gasteiger partial charge on any atom is -0.480 e. The van der Waals surface area contributed by atoms with Gasteiger partial charge in [0.25, 0.3) is 0 Å². The van der Waals surface area contributed by atoms with E-state index in [9.17, 15) is 9.59 Å². The molecule has 0 bridgehead atoms. The van der Waals surface area contributed by atoms with Crippen LogP contribution < -0.4 is 5.32 Å². The van der Waals surface area contributed by atoms with Gasteiger partial charge < -0.3 is 10.0 Å². The van der Waals surface area contributed by atoms with Gasteiger partial charge in [-0.15, -0.1) is 0 Å². The number of nitrogens with zero attached hydrogens (tertiary/aromatic N) is 1. The van der Waals surface area contributed by atoms with Crippen molar-refractivity contribution in [3.63, 3.8) is 0 Å². The monoisotopic (exact) mass is 278 g/mol. The average molecular weight is 278 g/mol. The summed E-state index contributed by atoms with van der Waals surface area (Å²) in [5, 5.41) is 11.8. The molecular weight excluding hydrogens is 256 g/mol. The van der Waals surface area contributed by atoms with Gasteiger partial charge in [-0.2, -0.15) is 0 Å². The summed E-state index contributed by atoms with van der Waals surface area (Å²) in [6, 6.07) is 9.71. The fraction of sp³-hybridized carbons (Fsp3) is 0.467. The zero-order valence-electron chi connectivity index (χ0n) is 12.2. The van der Waals surface area contributed by atoms with Crippen molar-refractivity contribution in [3.8, 4) is 0 Å². The lowest BCUT2D eigenvalue weighted by Gasteiger charge is -2.25. The Morgan fingerprint density at radius 2 is 1.85 bits per heavy atom. The molecule has 0 heterocycles. The number of carbonyl (C=O) groups excluding carboxylic acids is 1. The zero-order valence-corrected chi connectivity index (χ0v) is 12.2. The van der Waals surface area contributed by atoms with E-state index in [1.165, 1.54) is 13.8 Å². The highest BCUT2D eigenvalue weighted by Crippen LogP contribution is 2.06. The minimum absolute atomic E-state index is 0.0139. The van der Waals surface area contributed by atoms with Crippen LogP contribution in [0.15, 0.2) is 30.3 Å². The lowest BCUT2D eigenvalue weighted by molar-refractivity contribution is -0.143. The summed E-state index contributed by atoms with van der Waals surface area (Å²) in [6.07, 6.45) is 0. The number of aliphatic carboxylic acids is 1. The average Bonchev–Trinajstić information content (AvgIpc) is 2.43. The van der Waals surface area contributed by atoms with Crippen LogP contribution in [0.5, 0.6) is 0 Å². The molecule has 0 unspecified atom stereocenters. The van der Waals surface area contributed by atoms with Crippen LogP contribution in [0.1, 0.15) is 26.3 Å². The summed E-state index contributed by atoms with van der Waals surface area (Å²) >= 11 is 0. The predicted molar refractivity (Wildman–Crippen MR) is 77.3 cm³/mol. The number of carboxylic acids is 1. The molecule has 0 saturated carbocycles. The SMILES string of the molecule is CCN(Cc1ccccc1)C(=O)CNC(C)(C)C(=O)O. The third-order valence-electron chi connectivity index (χ3n) is 3.17. The highest BCUT2D eigenvalue weighted by atomic mass is 16.4. The number of nitrogens with one attached hydrogen (secondary N) is 1. The number of likely N-dealkylation sites (N-methyl/N-ethyl adjacent to an activating group) is 1. The molecule has 0 spiro atoms. The van der Waals surface area contributed by atoms with Gasteiger partial charge in [-0.25, -0.2) is 0 Å². The Bertz CT molecular complexity index is 457. The van der Waals surface area contributed by atoms with Gasteiger partial charge in [0.1, 0.15) is 5.54 Å². The van der Waals surface area contributed by atoms with E-state index in [2.05, 4.69) is 5.32 Å². The molecule has 5 heteroatoms. The van der Waals surface area contributed by atoms with Gasteiger partial charge in [0.15, 0.2) is 0 Å². The van der Waals surface area contributed by atoms with Crippen molar-refractivity contribution in [1.82, 2.24) is 10.2 Å². The number of amides is 1. The minimum atomic E-state index is -1.11. The molecule has 0 aliphatic carbocycles. The topological polar surface area (TPSA) is 69.6 Å². The van der Waals surface area contributed by atoms with Crippen molar-refractivity contribution >= 4 is 11.9 Å². The third kappa shape index (κ3) is 4.66. The maximum atomic E-state index is 12.1. The smallest absolute Gasteiger partial charge is 0.323 e. The summed E-state index contributed by atoms with van der Waals surface area (Å²) in [6.45, 7) is 6.11. The number of hydrogen-bond acceptors (Lipinski definition) is 3. The van der Waals surface area contributed by atoms with Crippen LogP contribution in [0.4, 0.5) is 0 Å². The van der Waals surface area contributed by atoms with Gasteiger partial charge in [0, 0.05) is 13.1 Å². The van der Waals surface area contributed by atoms with E-state index in [-0.39, 0.29) is 12.5 Å². The second-order valence-corrected chi connectivity index (χ2v) is 5.18. The molecule has 1 aromatic rings. The molecule has 0 aromatic heterocycles. The Morgan fingerprint density at radius 3 is 2.35 bits per heavy atom. The van der Waals surface area contributed by atoms with Crippen molar-refractivity contribution < 1.29 is 14.7 Å². The van der Waals surface area contributed by atoms with Crippen LogP contribution in [0.2, 0.25) is 0 Å². The van der Waals surface area contributed by atoms with Gasteiger partial charge >= 0.3 is 5.97 Å². The van der Waals surface area contributed by atoms with Crippen LogP contribution in [0.3, 0.4) is 0 Å². The van der Waals surface area contributed by atoms with Crippen LogP contribution >= 0.6 is 0 Å². The van der Waals surface area contributed by atoms with Gasteiger partial charge in [-0.3, -0.25) is 14.9 Å². The Morgan fingerprint density at radius 1 is 1.25 bits per heavy atom. The van der Waals surface area contributed by atoms with Crippen molar-refractivity contribution in [1.29, 1.82) is 0 Å². The van der Waals surface area contributed by atoms with Gasteiger partial charge in [-0.05, 0) is 26.3 Å². The van der Waals surface area contributed by atoms with Crippen molar-refractivity contribution in [2.75, 3.05) is 13.1 Å². The van der Waals surface area contributed by atoms with Gasteiger partial charge in [0.2, 0.25) is 5.91 Å². The fourth-order valence-corrected chi connectivity index (χ4v) is 1.66. The molecule has 20 heavy (non-hydrogen) atoms. The van der Waals surface area contributed by atoms with E-state index < -0.39 is 11.5 Å². The normalized spacial score (nSPS) is 11.2. The molecule has 0 saturated heterocycles. The summed E-state index contributed by atoms with van der Waals surface area (Å²) < 4.78 is 0. The van der Waals surface area contributed by atoms with Crippen molar-refractivity contribution in [2.24, 2.45) is 0 Å². The lowest BCUT2D eigenvalue weighted by atomic mass is 10.1. The number of rotatable bonds is 7. The molecule has 0 aliphatic heterocycles. The predicted octanol–water partition coefficient (Wildman–Crippen LogP) is 1.49. The highest BCUT2D eigenvalue weighted by Gasteiger charge is 2.27. The first-order valence-electron chi connectivity index (χ1n) is 6.67. The molecule has 1 rings (SSSR count). The second kappa shape index (κ2) is 7.05. The van der Waals surface area contributed by atoms with Gasteiger partial charge in [0.05, 0.1) is 6.54 Å².